The number of amides is 1. The van der Waals surface area contributed by atoms with Gasteiger partial charge in [-0.05, 0) is 41.8 Å². The van der Waals surface area contributed by atoms with Gasteiger partial charge in [-0.1, -0.05) is 53.0 Å². The van der Waals surface area contributed by atoms with Crippen LogP contribution < -0.4 is 0 Å². The molecule has 116 valence electrons. The van der Waals surface area contributed by atoms with E-state index in [4.69, 9.17) is 34.8 Å². The fraction of sp³-hybridized carbons (Fsp3) is 0.235. The maximum absolute atomic E-state index is 12.2. The number of benzene rings is 2. The number of hydrogen-bond acceptors (Lipinski definition) is 1. The topological polar surface area (TPSA) is 20.3 Å². The first kappa shape index (κ1) is 17.1. The molecule has 2 rings (SSSR count). The van der Waals surface area contributed by atoms with Gasteiger partial charge in [0.15, 0.2) is 0 Å². The fourth-order valence-electron chi connectivity index (χ4n) is 2.15. The van der Waals surface area contributed by atoms with Gasteiger partial charge in [0.25, 0.3) is 0 Å². The lowest BCUT2D eigenvalue weighted by molar-refractivity contribution is -0.130. The Balaban J connectivity index is 1.93. The Hall–Kier alpha value is -1.22. The van der Waals surface area contributed by atoms with Crippen molar-refractivity contribution >= 4 is 40.7 Å². The van der Waals surface area contributed by atoms with Crippen molar-refractivity contribution in [1.29, 1.82) is 0 Å². The minimum atomic E-state index is 0.0472. The quantitative estimate of drug-likeness (QED) is 0.717. The van der Waals surface area contributed by atoms with E-state index < -0.39 is 0 Å². The van der Waals surface area contributed by atoms with Crippen molar-refractivity contribution in [3.8, 4) is 0 Å². The molecule has 2 aromatic rings. The van der Waals surface area contributed by atoms with Gasteiger partial charge in [0, 0.05) is 35.1 Å². The Labute approximate surface area is 145 Å². The van der Waals surface area contributed by atoms with Gasteiger partial charge in [0.2, 0.25) is 5.91 Å². The number of carbonyl (C=O) groups is 1. The number of nitrogens with zero attached hydrogens (tertiary/aromatic N) is 1. The van der Waals surface area contributed by atoms with Crippen LogP contribution in [0.4, 0.5) is 0 Å². The summed E-state index contributed by atoms with van der Waals surface area (Å²) in [6.07, 6.45) is 0.899. The predicted molar refractivity (Wildman–Crippen MR) is 92.7 cm³/mol. The summed E-state index contributed by atoms with van der Waals surface area (Å²) in [5.74, 6) is 0.0472. The Morgan fingerprint density at radius 3 is 2.18 bits per heavy atom. The van der Waals surface area contributed by atoms with Crippen LogP contribution >= 0.6 is 34.8 Å². The lowest BCUT2D eigenvalue weighted by Crippen LogP contribution is -2.26. The van der Waals surface area contributed by atoms with E-state index in [0.29, 0.717) is 34.5 Å². The molecule has 0 aliphatic heterocycles. The van der Waals surface area contributed by atoms with Crippen molar-refractivity contribution in [2.45, 2.75) is 19.4 Å². The van der Waals surface area contributed by atoms with Crippen LogP contribution in [0.25, 0.3) is 0 Å². The highest BCUT2D eigenvalue weighted by molar-refractivity contribution is 6.36. The third-order valence-electron chi connectivity index (χ3n) is 3.41. The molecule has 2 aromatic carbocycles. The third-order valence-corrected chi connectivity index (χ3v) is 4.37. The lowest BCUT2D eigenvalue weighted by Gasteiger charge is -2.17. The van der Waals surface area contributed by atoms with Gasteiger partial charge in [-0.3, -0.25) is 4.79 Å². The molecular formula is C17H16Cl3NO. The normalized spacial score (nSPS) is 10.5. The molecular weight excluding hydrogens is 341 g/mol. The van der Waals surface area contributed by atoms with Crippen LogP contribution in [0, 0.1) is 0 Å². The summed E-state index contributed by atoms with van der Waals surface area (Å²) in [5, 5.41) is 1.88. The molecule has 22 heavy (non-hydrogen) atoms. The van der Waals surface area contributed by atoms with Crippen LogP contribution in [0.2, 0.25) is 15.1 Å². The fourth-order valence-corrected chi connectivity index (χ4v) is 2.86. The molecule has 0 radical (unpaired) electrons. The highest BCUT2D eigenvalue weighted by Gasteiger charge is 2.12. The van der Waals surface area contributed by atoms with Crippen molar-refractivity contribution in [3.05, 3.63) is 68.7 Å². The predicted octanol–water partition coefficient (Wildman–Crippen LogP) is 5.24. The molecule has 0 spiro atoms. The minimum Gasteiger partial charge on any atom is -0.341 e. The number of carbonyl (C=O) groups excluding carboxylic acids is 1. The summed E-state index contributed by atoms with van der Waals surface area (Å²) in [6.45, 7) is 0.548. The Kier molecular flexibility index (Phi) is 6.13. The van der Waals surface area contributed by atoms with Gasteiger partial charge < -0.3 is 4.90 Å². The standard InChI is InChI=1S/C17H16Cl3NO/c1-21(11-12-5-7-13(18)8-6-12)17(22)10-9-14-15(19)3-2-4-16(14)20/h2-8H,9-11H2,1H3. The first-order valence-electron chi connectivity index (χ1n) is 6.88. The molecule has 1 amide bonds. The first-order valence-corrected chi connectivity index (χ1v) is 8.02. The molecule has 2 nitrogen and oxygen atoms in total. The summed E-state index contributed by atoms with van der Waals surface area (Å²) in [7, 11) is 1.78. The van der Waals surface area contributed by atoms with E-state index in [0.717, 1.165) is 11.1 Å². The van der Waals surface area contributed by atoms with E-state index in [2.05, 4.69) is 0 Å². The van der Waals surface area contributed by atoms with E-state index in [1.54, 1.807) is 30.1 Å². The largest absolute Gasteiger partial charge is 0.341 e. The second-order valence-electron chi connectivity index (χ2n) is 5.08. The molecule has 5 heteroatoms. The monoisotopic (exact) mass is 355 g/mol. The average molecular weight is 357 g/mol. The van der Waals surface area contributed by atoms with Crippen LogP contribution in [0.15, 0.2) is 42.5 Å². The van der Waals surface area contributed by atoms with Crippen LogP contribution in [0.1, 0.15) is 17.5 Å². The summed E-state index contributed by atoms with van der Waals surface area (Å²) in [4.78, 5) is 13.9. The van der Waals surface area contributed by atoms with Crippen molar-refractivity contribution < 1.29 is 4.79 Å². The molecule has 0 heterocycles. The zero-order chi connectivity index (χ0) is 16.1. The molecule has 0 aliphatic carbocycles. The van der Waals surface area contributed by atoms with Gasteiger partial charge in [0.05, 0.1) is 0 Å². The van der Waals surface area contributed by atoms with Crippen LogP contribution in [0.5, 0.6) is 0 Å². The van der Waals surface area contributed by atoms with Gasteiger partial charge in [-0.15, -0.1) is 0 Å². The third kappa shape index (κ3) is 4.64. The average Bonchev–Trinajstić information content (AvgIpc) is 2.48. The Morgan fingerprint density at radius 1 is 1.00 bits per heavy atom. The highest BCUT2D eigenvalue weighted by atomic mass is 35.5. The van der Waals surface area contributed by atoms with Crippen LogP contribution in [-0.2, 0) is 17.8 Å². The Morgan fingerprint density at radius 2 is 1.59 bits per heavy atom. The minimum absolute atomic E-state index is 0.0472. The van der Waals surface area contributed by atoms with Gasteiger partial charge in [0.1, 0.15) is 0 Å². The number of halogens is 3. The van der Waals surface area contributed by atoms with E-state index >= 15 is 0 Å². The van der Waals surface area contributed by atoms with Gasteiger partial charge in [-0.25, -0.2) is 0 Å². The van der Waals surface area contributed by atoms with Crippen molar-refractivity contribution in [2.24, 2.45) is 0 Å². The zero-order valence-corrected chi connectivity index (χ0v) is 14.4. The molecule has 0 saturated carbocycles. The summed E-state index contributed by atoms with van der Waals surface area (Å²) < 4.78 is 0. The molecule has 0 aliphatic rings. The van der Waals surface area contributed by atoms with Crippen LogP contribution in [-0.4, -0.2) is 17.9 Å². The maximum atomic E-state index is 12.2. The molecule has 0 saturated heterocycles. The lowest BCUT2D eigenvalue weighted by atomic mass is 10.1. The molecule has 0 atom stereocenters. The Bertz CT molecular complexity index is 635. The number of rotatable bonds is 5. The highest BCUT2D eigenvalue weighted by Crippen LogP contribution is 2.25. The van der Waals surface area contributed by atoms with Gasteiger partial charge in [-0.2, -0.15) is 0 Å². The molecule has 0 fully saturated rings. The molecule has 0 N–H and O–H groups in total. The van der Waals surface area contributed by atoms with Crippen molar-refractivity contribution in [3.63, 3.8) is 0 Å². The van der Waals surface area contributed by atoms with Crippen molar-refractivity contribution in [2.75, 3.05) is 7.05 Å². The smallest absolute Gasteiger partial charge is 0.222 e. The van der Waals surface area contributed by atoms with E-state index in [1.165, 1.54) is 0 Å². The zero-order valence-electron chi connectivity index (χ0n) is 12.2. The van der Waals surface area contributed by atoms with E-state index in [-0.39, 0.29) is 5.91 Å². The molecule has 0 aromatic heterocycles. The van der Waals surface area contributed by atoms with E-state index in [9.17, 15) is 4.79 Å². The van der Waals surface area contributed by atoms with Crippen molar-refractivity contribution in [1.82, 2.24) is 4.90 Å². The summed E-state index contributed by atoms with van der Waals surface area (Å²) in [5.41, 5.74) is 1.86. The van der Waals surface area contributed by atoms with E-state index in [1.807, 2.05) is 24.3 Å². The molecule has 0 bridgehead atoms. The number of hydrogen-bond donors (Lipinski definition) is 0. The first-order chi connectivity index (χ1) is 10.5. The van der Waals surface area contributed by atoms with Crippen LogP contribution in [0.3, 0.4) is 0 Å². The summed E-state index contributed by atoms with van der Waals surface area (Å²) >= 11 is 18.1. The SMILES string of the molecule is CN(Cc1ccc(Cl)cc1)C(=O)CCc1c(Cl)cccc1Cl. The second kappa shape index (κ2) is 7.87. The van der Waals surface area contributed by atoms with Gasteiger partial charge >= 0.3 is 0 Å². The molecule has 0 unspecified atom stereocenters. The maximum Gasteiger partial charge on any atom is 0.222 e. The second-order valence-corrected chi connectivity index (χ2v) is 6.33. The summed E-state index contributed by atoms with van der Waals surface area (Å²) in [6, 6.07) is 12.8.